The van der Waals surface area contributed by atoms with Crippen LogP contribution in [-0.2, 0) is 4.79 Å². The van der Waals surface area contributed by atoms with Gasteiger partial charge in [0.1, 0.15) is 2.14 Å². The van der Waals surface area contributed by atoms with Gasteiger partial charge in [0.15, 0.2) is 0 Å². The number of amides is 1. The fraction of sp³-hybridized carbons (Fsp3) is 0.111. The first kappa shape index (κ1) is 12.2. The molecule has 1 N–H and O–H groups in total. The van der Waals surface area contributed by atoms with Gasteiger partial charge in [-0.25, -0.2) is 0 Å². The molecular weight excluding hydrogens is 378 g/mol. The molecule has 1 amide bonds. The molecular formula is C9H7Br3NO. The molecule has 2 nitrogen and oxygen atoms in total. The third kappa shape index (κ3) is 5.12. The van der Waals surface area contributed by atoms with E-state index in [9.17, 15) is 4.79 Å². The van der Waals surface area contributed by atoms with Crippen molar-refractivity contribution in [3.05, 3.63) is 36.8 Å². The van der Waals surface area contributed by atoms with Crippen LogP contribution in [0.15, 0.2) is 30.3 Å². The molecule has 0 fully saturated rings. The van der Waals surface area contributed by atoms with E-state index in [-0.39, 0.29) is 5.91 Å². The van der Waals surface area contributed by atoms with E-state index in [0.29, 0.717) is 0 Å². The number of halogens is 3. The minimum absolute atomic E-state index is 0.193. The standard InChI is InChI=1S/C9H7Br3NO/c10-9(11,12)6-8(14)13-7-4-2-1-3-5-7/h1-6H,(H,13,14). The molecule has 5 heteroatoms. The summed E-state index contributed by atoms with van der Waals surface area (Å²) in [6, 6.07) is 9.26. The van der Waals surface area contributed by atoms with E-state index in [4.69, 9.17) is 0 Å². The number of anilines is 1. The molecule has 0 aliphatic heterocycles. The lowest BCUT2D eigenvalue weighted by Gasteiger charge is -2.10. The lowest BCUT2D eigenvalue weighted by molar-refractivity contribution is -0.113. The van der Waals surface area contributed by atoms with E-state index in [1.54, 1.807) is 0 Å². The molecule has 75 valence electrons. The smallest absolute Gasteiger partial charge is 0.231 e. The van der Waals surface area contributed by atoms with Gasteiger partial charge in [0.05, 0.1) is 6.42 Å². The molecule has 14 heavy (non-hydrogen) atoms. The first-order chi connectivity index (χ1) is 6.47. The number of carbonyl (C=O) groups excluding carboxylic acids is 1. The summed E-state index contributed by atoms with van der Waals surface area (Å²) < 4.78 is -0.647. The molecule has 1 aromatic rings. The lowest BCUT2D eigenvalue weighted by Crippen LogP contribution is -2.18. The number of hydrogen-bond acceptors (Lipinski definition) is 1. The van der Waals surface area contributed by atoms with E-state index in [2.05, 4.69) is 53.1 Å². The minimum Gasteiger partial charge on any atom is -0.326 e. The molecule has 0 atom stereocenters. The molecule has 0 aromatic heterocycles. The summed E-state index contributed by atoms with van der Waals surface area (Å²) in [4.78, 5) is 11.4. The van der Waals surface area contributed by atoms with Gasteiger partial charge in [0.25, 0.3) is 0 Å². The van der Waals surface area contributed by atoms with Crippen molar-refractivity contribution in [2.24, 2.45) is 0 Å². The van der Waals surface area contributed by atoms with Crippen LogP contribution in [0.2, 0.25) is 0 Å². The van der Waals surface area contributed by atoms with Gasteiger partial charge >= 0.3 is 0 Å². The molecule has 0 spiro atoms. The van der Waals surface area contributed by atoms with E-state index in [1.807, 2.05) is 30.3 Å². The fourth-order valence-corrected chi connectivity index (χ4v) is 1.47. The Morgan fingerprint density at radius 2 is 1.79 bits per heavy atom. The Kier molecular flexibility index (Phi) is 4.60. The van der Waals surface area contributed by atoms with Crippen LogP contribution in [0.25, 0.3) is 0 Å². The number of benzene rings is 1. The summed E-state index contributed by atoms with van der Waals surface area (Å²) in [6.07, 6.45) is 1.43. The van der Waals surface area contributed by atoms with E-state index < -0.39 is 2.14 Å². The summed E-state index contributed by atoms with van der Waals surface area (Å²) in [6.45, 7) is 0. The molecule has 0 aliphatic rings. The highest BCUT2D eigenvalue weighted by atomic mass is 80.0. The topological polar surface area (TPSA) is 29.1 Å². The van der Waals surface area contributed by atoms with E-state index in [0.717, 1.165) is 5.69 Å². The number of rotatable bonds is 2. The number of hydrogen-bond donors (Lipinski definition) is 1. The first-order valence-corrected chi connectivity index (χ1v) is 6.14. The predicted molar refractivity (Wildman–Crippen MR) is 68.9 cm³/mol. The maximum atomic E-state index is 11.4. The Balaban J connectivity index is 2.50. The molecule has 0 bridgehead atoms. The van der Waals surface area contributed by atoms with E-state index >= 15 is 0 Å². The van der Waals surface area contributed by atoms with Crippen LogP contribution in [0.3, 0.4) is 0 Å². The highest BCUT2D eigenvalue weighted by Gasteiger charge is 2.22. The summed E-state index contributed by atoms with van der Waals surface area (Å²) in [5.41, 5.74) is 0.769. The highest BCUT2D eigenvalue weighted by molar-refractivity contribution is 9.39. The molecule has 1 rings (SSSR count). The Hall–Kier alpha value is 0.130. The summed E-state index contributed by atoms with van der Waals surface area (Å²) in [5.74, 6) is -0.193. The van der Waals surface area contributed by atoms with Crippen molar-refractivity contribution in [3.63, 3.8) is 0 Å². The Morgan fingerprint density at radius 1 is 1.21 bits per heavy atom. The third-order valence-corrected chi connectivity index (χ3v) is 2.02. The van der Waals surface area contributed by atoms with Crippen LogP contribution < -0.4 is 5.32 Å². The number of alkyl halides is 3. The zero-order valence-electron chi connectivity index (χ0n) is 7.01. The maximum absolute atomic E-state index is 11.4. The Labute approximate surface area is 108 Å². The van der Waals surface area contributed by atoms with Crippen molar-refractivity contribution in [1.82, 2.24) is 0 Å². The summed E-state index contributed by atoms with van der Waals surface area (Å²) in [5, 5.41) is 2.71. The van der Waals surface area contributed by atoms with Crippen LogP contribution in [0.4, 0.5) is 5.69 Å². The van der Waals surface area contributed by atoms with Gasteiger partial charge in [-0.1, -0.05) is 66.0 Å². The number of nitrogens with one attached hydrogen (secondary N) is 1. The first-order valence-electron chi connectivity index (χ1n) is 3.76. The van der Waals surface area contributed by atoms with Crippen LogP contribution >= 0.6 is 47.8 Å². The van der Waals surface area contributed by atoms with Gasteiger partial charge in [-0.15, -0.1) is 0 Å². The van der Waals surface area contributed by atoms with Gasteiger partial charge in [-0.05, 0) is 12.1 Å². The van der Waals surface area contributed by atoms with Crippen molar-refractivity contribution in [2.45, 2.75) is 2.14 Å². The van der Waals surface area contributed by atoms with Gasteiger partial charge < -0.3 is 5.32 Å². The molecule has 0 saturated carbocycles. The Morgan fingerprint density at radius 3 is 2.29 bits per heavy atom. The summed E-state index contributed by atoms with van der Waals surface area (Å²) in [7, 11) is 0. The van der Waals surface area contributed by atoms with Crippen molar-refractivity contribution in [3.8, 4) is 0 Å². The van der Waals surface area contributed by atoms with Crippen molar-refractivity contribution < 1.29 is 4.79 Å². The second kappa shape index (κ2) is 5.28. The van der Waals surface area contributed by atoms with E-state index in [1.165, 1.54) is 6.42 Å². The molecule has 0 heterocycles. The second-order valence-corrected chi connectivity index (χ2v) is 9.49. The van der Waals surface area contributed by atoms with Gasteiger partial charge in [-0.3, -0.25) is 4.79 Å². The van der Waals surface area contributed by atoms with Gasteiger partial charge in [0.2, 0.25) is 5.91 Å². The van der Waals surface area contributed by atoms with Crippen molar-refractivity contribution in [1.29, 1.82) is 0 Å². The van der Waals surface area contributed by atoms with Crippen molar-refractivity contribution in [2.75, 3.05) is 5.32 Å². The third-order valence-electron chi connectivity index (χ3n) is 1.34. The molecule has 0 aliphatic carbocycles. The maximum Gasteiger partial charge on any atom is 0.231 e. The van der Waals surface area contributed by atoms with Gasteiger partial charge in [0, 0.05) is 5.69 Å². The quantitative estimate of drug-likeness (QED) is 0.774. The SMILES string of the molecule is O=C([CH]C(Br)(Br)Br)Nc1ccccc1. The average molecular weight is 385 g/mol. The van der Waals surface area contributed by atoms with Crippen LogP contribution in [-0.4, -0.2) is 8.05 Å². The average Bonchev–Trinajstić information content (AvgIpc) is 2.02. The monoisotopic (exact) mass is 382 g/mol. The normalized spacial score (nSPS) is 11.1. The van der Waals surface area contributed by atoms with Crippen molar-refractivity contribution >= 4 is 59.4 Å². The molecule has 0 unspecified atom stereocenters. The van der Waals surface area contributed by atoms with Gasteiger partial charge in [-0.2, -0.15) is 0 Å². The second-order valence-electron chi connectivity index (χ2n) is 2.54. The Bertz CT molecular complexity index is 308. The molecule has 0 saturated heterocycles. The number of carbonyl (C=O) groups is 1. The van der Waals surface area contributed by atoms with Crippen LogP contribution in [0.5, 0.6) is 0 Å². The zero-order valence-corrected chi connectivity index (χ0v) is 11.8. The highest BCUT2D eigenvalue weighted by Crippen LogP contribution is 2.36. The minimum atomic E-state index is -0.647. The van der Waals surface area contributed by atoms with Crippen LogP contribution in [0, 0.1) is 6.42 Å². The lowest BCUT2D eigenvalue weighted by atomic mass is 10.3. The number of para-hydroxylation sites is 1. The zero-order chi connectivity index (χ0) is 10.6. The summed E-state index contributed by atoms with van der Waals surface area (Å²) >= 11 is 9.63. The van der Waals surface area contributed by atoms with Crippen LogP contribution in [0.1, 0.15) is 0 Å². The fourth-order valence-electron chi connectivity index (χ4n) is 0.848. The molecule has 1 aromatic carbocycles. The molecule has 1 radical (unpaired) electrons. The largest absolute Gasteiger partial charge is 0.326 e. The predicted octanol–water partition coefficient (Wildman–Crippen LogP) is 3.67.